The number of hydrogen-bond acceptors (Lipinski definition) is 4. The minimum Gasteiger partial charge on any atom is -0.467 e. The van der Waals surface area contributed by atoms with E-state index in [0.717, 1.165) is 42.2 Å². The average molecular weight is 326 g/mol. The quantitative estimate of drug-likeness (QED) is 0.690. The van der Waals surface area contributed by atoms with Gasteiger partial charge in [-0.15, -0.1) is 11.3 Å². The summed E-state index contributed by atoms with van der Waals surface area (Å²) < 4.78 is 12.0. The molecule has 0 radical (unpaired) electrons. The van der Waals surface area contributed by atoms with Crippen LogP contribution in [0, 0.1) is 5.92 Å². The van der Waals surface area contributed by atoms with Crippen molar-refractivity contribution in [2.45, 2.75) is 25.3 Å². The standard InChI is InChI=1S/C16H20ClNO2S/c17-15-7-6-14(21-15)16(13-3-1-10-20-13)18-8-2-9-19-11-12-4-5-12/h1,3,6-7,10,12,16,18H,2,4-5,8-9,11H2. The van der Waals surface area contributed by atoms with Gasteiger partial charge in [-0.1, -0.05) is 11.6 Å². The highest BCUT2D eigenvalue weighted by atomic mass is 35.5. The molecule has 1 aliphatic carbocycles. The first kappa shape index (κ1) is 15.1. The molecule has 114 valence electrons. The summed E-state index contributed by atoms with van der Waals surface area (Å²) in [5.74, 6) is 1.76. The summed E-state index contributed by atoms with van der Waals surface area (Å²) in [6, 6.07) is 7.96. The summed E-state index contributed by atoms with van der Waals surface area (Å²) in [6.45, 7) is 2.65. The molecular weight excluding hydrogens is 306 g/mol. The molecule has 1 N–H and O–H groups in total. The van der Waals surface area contributed by atoms with Gasteiger partial charge in [0.2, 0.25) is 0 Å². The van der Waals surface area contributed by atoms with Crippen LogP contribution in [0.1, 0.15) is 35.9 Å². The average Bonchev–Trinajstić information content (AvgIpc) is 2.97. The van der Waals surface area contributed by atoms with E-state index in [4.69, 9.17) is 20.8 Å². The van der Waals surface area contributed by atoms with Gasteiger partial charge in [0.25, 0.3) is 0 Å². The van der Waals surface area contributed by atoms with Crippen molar-refractivity contribution in [3.63, 3.8) is 0 Å². The van der Waals surface area contributed by atoms with Crippen LogP contribution in [0.5, 0.6) is 0 Å². The van der Waals surface area contributed by atoms with E-state index < -0.39 is 0 Å². The Balaban J connectivity index is 1.48. The smallest absolute Gasteiger partial charge is 0.126 e. The van der Waals surface area contributed by atoms with Crippen LogP contribution in [0.15, 0.2) is 34.9 Å². The number of ether oxygens (including phenoxy) is 1. The van der Waals surface area contributed by atoms with Crippen LogP contribution < -0.4 is 5.32 Å². The molecule has 1 unspecified atom stereocenters. The number of hydrogen-bond donors (Lipinski definition) is 1. The van der Waals surface area contributed by atoms with Gasteiger partial charge < -0.3 is 14.5 Å². The normalized spacial score (nSPS) is 16.2. The fraction of sp³-hybridized carbons (Fsp3) is 0.500. The molecule has 5 heteroatoms. The topological polar surface area (TPSA) is 34.4 Å². The van der Waals surface area contributed by atoms with Crippen LogP contribution >= 0.6 is 22.9 Å². The zero-order valence-electron chi connectivity index (χ0n) is 11.9. The van der Waals surface area contributed by atoms with Crippen LogP contribution in [0.25, 0.3) is 0 Å². The van der Waals surface area contributed by atoms with Crippen molar-refractivity contribution in [3.05, 3.63) is 45.5 Å². The summed E-state index contributed by atoms with van der Waals surface area (Å²) in [5.41, 5.74) is 0. The second-order valence-electron chi connectivity index (χ2n) is 5.42. The van der Waals surface area contributed by atoms with E-state index in [1.807, 2.05) is 18.2 Å². The zero-order valence-corrected chi connectivity index (χ0v) is 13.5. The largest absolute Gasteiger partial charge is 0.467 e. The lowest BCUT2D eigenvalue weighted by Gasteiger charge is -2.15. The molecule has 21 heavy (non-hydrogen) atoms. The van der Waals surface area contributed by atoms with E-state index in [1.54, 1.807) is 17.6 Å². The van der Waals surface area contributed by atoms with E-state index in [1.165, 1.54) is 17.7 Å². The predicted octanol–water partition coefficient (Wildman–Crippen LogP) is 4.49. The SMILES string of the molecule is Clc1ccc(C(NCCCOCC2CC2)c2ccco2)s1. The number of rotatable bonds is 9. The Kier molecular flexibility index (Phi) is 5.36. The Bertz CT molecular complexity index is 536. The molecule has 0 spiro atoms. The van der Waals surface area contributed by atoms with Gasteiger partial charge in [0.05, 0.1) is 10.6 Å². The molecule has 2 heterocycles. The molecule has 1 atom stereocenters. The Labute approximate surface area is 134 Å². The van der Waals surface area contributed by atoms with Crippen molar-refractivity contribution in [2.24, 2.45) is 5.92 Å². The summed E-state index contributed by atoms with van der Waals surface area (Å²) in [6.07, 6.45) is 5.40. The van der Waals surface area contributed by atoms with Gasteiger partial charge in [0.15, 0.2) is 0 Å². The van der Waals surface area contributed by atoms with Gasteiger partial charge >= 0.3 is 0 Å². The van der Waals surface area contributed by atoms with Crippen LogP contribution in [0.3, 0.4) is 0 Å². The first-order valence-corrected chi connectivity index (χ1v) is 8.62. The van der Waals surface area contributed by atoms with Crippen LogP contribution in [0.4, 0.5) is 0 Å². The highest BCUT2D eigenvalue weighted by Crippen LogP contribution is 2.31. The number of furan rings is 1. The van der Waals surface area contributed by atoms with E-state index in [2.05, 4.69) is 11.4 Å². The van der Waals surface area contributed by atoms with E-state index in [0.29, 0.717) is 0 Å². The third-order valence-corrected chi connectivity index (χ3v) is 4.87. The summed E-state index contributed by atoms with van der Waals surface area (Å²) in [5, 5.41) is 3.53. The molecule has 1 aliphatic rings. The lowest BCUT2D eigenvalue weighted by Crippen LogP contribution is -2.23. The molecule has 0 aliphatic heterocycles. The maximum atomic E-state index is 6.04. The first-order chi connectivity index (χ1) is 10.3. The molecule has 1 fully saturated rings. The van der Waals surface area contributed by atoms with Gasteiger partial charge in [-0.25, -0.2) is 0 Å². The summed E-state index contributed by atoms with van der Waals surface area (Å²) >= 11 is 7.63. The highest BCUT2D eigenvalue weighted by Gasteiger charge is 2.21. The fourth-order valence-electron chi connectivity index (χ4n) is 2.24. The molecule has 0 aromatic carbocycles. The number of nitrogens with one attached hydrogen (secondary N) is 1. The molecule has 0 bridgehead atoms. The van der Waals surface area contributed by atoms with Crippen molar-refractivity contribution in [1.82, 2.24) is 5.32 Å². The van der Waals surface area contributed by atoms with Crippen LogP contribution in [-0.2, 0) is 4.74 Å². The molecule has 2 aromatic rings. The van der Waals surface area contributed by atoms with Gasteiger partial charge in [-0.05, 0) is 56.0 Å². The van der Waals surface area contributed by atoms with Gasteiger partial charge in [-0.3, -0.25) is 0 Å². The molecule has 3 nitrogen and oxygen atoms in total. The lowest BCUT2D eigenvalue weighted by atomic mass is 10.2. The van der Waals surface area contributed by atoms with E-state index in [9.17, 15) is 0 Å². The summed E-state index contributed by atoms with van der Waals surface area (Å²) in [4.78, 5) is 1.17. The van der Waals surface area contributed by atoms with Crippen molar-refractivity contribution in [2.75, 3.05) is 19.8 Å². The fourth-order valence-corrected chi connectivity index (χ4v) is 3.38. The second kappa shape index (κ2) is 7.45. The molecule has 0 amide bonds. The summed E-state index contributed by atoms with van der Waals surface area (Å²) in [7, 11) is 0. The van der Waals surface area contributed by atoms with Gasteiger partial charge in [0, 0.05) is 18.1 Å². The number of halogens is 1. The second-order valence-corrected chi connectivity index (χ2v) is 7.16. The molecule has 1 saturated carbocycles. The van der Waals surface area contributed by atoms with Crippen molar-refractivity contribution in [1.29, 1.82) is 0 Å². The van der Waals surface area contributed by atoms with Gasteiger partial charge in [0.1, 0.15) is 11.8 Å². The monoisotopic (exact) mass is 325 g/mol. The van der Waals surface area contributed by atoms with Crippen molar-refractivity contribution < 1.29 is 9.15 Å². The number of thiophene rings is 1. The Morgan fingerprint density at radius 2 is 2.29 bits per heavy atom. The zero-order chi connectivity index (χ0) is 14.5. The molecule has 3 rings (SSSR count). The van der Waals surface area contributed by atoms with Crippen LogP contribution in [-0.4, -0.2) is 19.8 Å². The Morgan fingerprint density at radius 3 is 2.95 bits per heavy atom. The van der Waals surface area contributed by atoms with E-state index >= 15 is 0 Å². The predicted molar refractivity (Wildman–Crippen MR) is 86.0 cm³/mol. The van der Waals surface area contributed by atoms with Crippen molar-refractivity contribution in [3.8, 4) is 0 Å². The third kappa shape index (κ3) is 4.58. The first-order valence-electron chi connectivity index (χ1n) is 7.42. The molecular formula is C16H20ClNO2S. The Morgan fingerprint density at radius 1 is 1.38 bits per heavy atom. The van der Waals surface area contributed by atoms with E-state index in [-0.39, 0.29) is 6.04 Å². The third-order valence-electron chi connectivity index (χ3n) is 3.57. The highest BCUT2D eigenvalue weighted by molar-refractivity contribution is 7.16. The molecule has 0 saturated heterocycles. The maximum Gasteiger partial charge on any atom is 0.126 e. The Hall–Kier alpha value is -0.810. The van der Waals surface area contributed by atoms with Crippen molar-refractivity contribution >= 4 is 22.9 Å². The van der Waals surface area contributed by atoms with Gasteiger partial charge in [-0.2, -0.15) is 0 Å². The maximum absolute atomic E-state index is 6.04. The minimum atomic E-state index is 0.0703. The lowest BCUT2D eigenvalue weighted by molar-refractivity contribution is 0.121. The minimum absolute atomic E-state index is 0.0703. The van der Waals surface area contributed by atoms with Crippen LogP contribution in [0.2, 0.25) is 4.34 Å². The molecule has 2 aromatic heterocycles.